The lowest BCUT2D eigenvalue weighted by molar-refractivity contribution is -0.112. The van der Waals surface area contributed by atoms with Gasteiger partial charge in [0.1, 0.15) is 24.0 Å². The number of anilines is 1. The molecule has 0 aliphatic heterocycles. The highest BCUT2D eigenvalue weighted by Crippen LogP contribution is 2.27. The van der Waals surface area contributed by atoms with Gasteiger partial charge in [0.25, 0.3) is 5.91 Å². The van der Waals surface area contributed by atoms with E-state index in [1.807, 2.05) is 37.3 Å². The van der Waals surface area contributed by atoms with Crippen LogP contribution in [0.25, 0.3) is 6.08 Å². The lowest BCUT2D eigenvalue weighted by atomic mass is 10.1. The summed E-state index contributed by atoms with van der Waals surface area (Å²) in [5.74, 6) is 0.0659. The Morgan fingerprint density at radius 2 is 1.93 bits per heavy atom. The number of carbonyl (C=O) groups excluding carboxylic acids is 1. The number of hydrogen-bond acceptors (Lipinski definition) is 3. The smallest absolute Gasteiger partial charge is 0.266 e. The van der Waals surface area contributed by atoms with Gasteiger partial charge in [0.05, 0.1) is 0 Å². The highest BCUT2D eigenvalue weighted by molar-refractivity contribution is 9.10. The molecular formula is C24H18BrClN2O2. The molecule has 0 atom stereocenters. The molecule has 3 rings (SSSR count). The number of nitrogens with one attached hydrogen (secondary N) is 1. The highest BCUT2D eigenvalue weighted by Gasteiger charge is 2.12. The van der Waals surface area contributed by atoms with Crippen molar-refractivity contribution < 1.29 is 9.53 Å². The van der Waals surface area contributed by atoms with Crippen molar-refractivity contribution in [1.29, 1.82) is 5.26 Å². The van der Waals surface area contributed by atoms with Crippen molar-refractivity contribution in [3.05, 3.63) is 98.5 Å². The number of nitriles is 1. The summed E-state index contributed by atoms with van der Waals surface area (Å²) in [6.07, 6.45) is 1.52. The van der Waals surface area contributed by atoms with Crippen LogP contribution in [0, 0.1) is 18.3 Å². The molecule has 0 saturated carbocycles. The van der Waals surface area contributed by atoms with Gasteiger partial charge in [0, 0.05) is 20.7 Å². The van der Waals surface area contributed by atoms with Gasteiger partial charge < -0.3 is 10.1 Å². The van der Waals surface area contributed by atoms with Crippen molar-refractivity contribution >= 4 is 45.2 Å². The molecule has 0 bridgehead atoms. The van der Waals surface area contributed by atoms with Gasteiger partial charge in [-0.1, -0.05) is 57.4 Å². The Hall–Kier alpha value is -3.07. The molecule has 0 fully saturated rings. The van der Waals surface area contributed by atoms with E-state index < -0.39 is 5.91 Å². The second kappa shape index (κ2) is 10.1. The maximum absolute atomic E-state index is 12.6. The summed E-state index contributed by atoms with van der Waals surface area (Å²) in [4.78, 5) is 12.6. The molecule has 4 nitrogen and oxygen atoms in total. The third kappa shape index (κ3) is 5.96. The molecule has 3 aromatic carbocycles. The quantitative estimate of drug-likeness (QED) is 0.321. The SMILES string of the molecule is Cc1cccc(COc2ccc(Br)cc2/C=C(\C#N)C(=O)Nc2ccc(Cl)cc2)c1. The van der Waals surface area contributed by atoms with Gasteiger partial charge in [-0.2, -0.15) is 5.26 Å². The second-order valence-electron chi connectivity index (χ2n) is 6.59. The van der Waals surface area contributed by atoms with Crippen LogP contribution in [0.2, 0.25) is 5.02 Å². The zero-order chi connectivity index (χ0) is 21.5. The Bertz CT molecular complexity index is 1130. The third-order valence-electron chi connectivity index (χ3n) is 4.22. The number of aryl methyl sites for hydroxylation is 1. The number of carbonyl (C=O) groups is 1. The predicted octanol–water partition coefficient (Wildman–Crippen LogP) is 6.54. The number of halogens is 2. The molecular weight excluding hydrogens is 464 g/mol. The number of amides is 1. The zero-order valence-electron chi connectivity index (χ0n) is 16.2. The van der Waals surface area contributed by atoms with E-state index in [4.69, 9.17) is 16.3 Å². The van der Waals surface area contributed by atoms with Crippen LogP contribution < -0.4 is 10.1 Å². The van der Waals surface area contributed by atoms with Crippen LogP contribution in [0.5, 0.6) is 5.75 Å². The molecule has 0 unspecified atom stereocenters. The van der Waals surface area contributed by atoms with E-state index in [0.717, 1.165) is 15.6 Å². The summed E-state index contributed by atoms with van der Waals surface area (Å²) in [6, 6.07) is 22.1. The third-order valence-corrected chi connectivity index (χ3v) is 4.96. The lowest BCUT2D eigenvalue weighted by Gasteiger charge is -2.11. The molecule has 0 spiro atoms. The van der Waals surface area contributed by atoms with Crippen molar-refractivity contribution in [2.45, 2.75) is 13.5 Å². The van der Waals surface area contributed by atoms with Gasteiger partial charge in [0.15, 0.2) is 0 Å². The Labute approximate surface area is 188 Å². The van der Waals surface area contributed by atoms with Crippen molar-refractivity contribution in [2.75, 3.05) is 5.32 Å². The summed E-state index contributed by atoms with van der Waals surface area (Å²) in [5, 5.41) is 12.8. The summed E-state index contributed by atoms with van der Waals surface area (Å²) < 4.78 is 6.78. The van der Waals surface area contributed by atoms with Gasteiger partial charge in [-0.3, -0.25) is 4.79 Å². The number of rotatable bonds is 6. The van der Waals surface area contributed by atoms with E-state index in [1.54, 1.807) is 36.4 Å². The van der Waals surface area contributed by atoms with Crippen molar-refractivity contribution in [2.24, 2.45) is 0 Å². The molecule has 0 heterocycles. The summed E-state index contributed by atoms with van der Waals surface area (Å²) in [6.45, 7) is 2.40. The molecule has 6 heteroatoms. The monoisotopic (exact) mass is 480 g/mol. The minimum Gasteiger partial charge on any atom is -0.488 e. The molecule has 3 aromatic rings. The van der Waals surface area contributed by atoms with Gasteiger partial charge in [-0.15, -0.1) is 0 Å². The van der Waals surface area contributed by atoms with Crippen LogP contribution in [-0.4, -0.2) is 5.91 Å². The number of ether oxygens (including phenoxy) is 1. The average molecular weight is 482 g/mol. The van der Waals surface area contributed by atoms with E-state index in [-0.39, 0.29) is 5.57 Å². The summed E-state index contributed by atoms with van der Waals surface area (Å²) in [5.41, 5.74) is 3.32. The maximum atomic E-state index is 12.6. The van der Waals surface area contributed by atoms with Crippen LogP contribution in [0.1, 0.15) is 16.7 Å². The van der Waals surface area contributed by atoms with E-state index in [0.29, 0.717) is 28.6 Å². The minimum atomic E-state index is -0.510. The Morgan fingerprint density at radius 1 is 1.17 bits per heavy atom. The zero-order valence-corrected chi connectivity index (χ0v) is 18.5. The Morgan fingerprint density at radius 3 is 2.63 bits per heavy atom. The van der Waals surface area contributed by atoms with Crippen molar-refractivity contribution in [3.8, 4) is 11.8 Å². The molecule has 0 saturated heterocycles. The molecule has 0 aromatic heterocycles. The Balaban J connectivity index is 1.82. The normalized spacial score (nSPS) is 10.9. The van der Waals surface area contributed by atoms with Gasteiger partial charge >= 0.3 is 0 Å². The molecule has 0 aliphatic carbocycles. The van der Waals surface area contributed by atoms with Crippen LogP contribution in [-0.2, 0) is 11.4 Å². The van der Waals surface area contributed by atoms with E-state index >= 15 is 0 Å². The lowest BCUT2D eigenvalue weighted by Crippen LogP contribution is -2.13. The standard InChI is InChI=1S/C24H18BrClN2O2/c1-16-3-2-4-17(11-16)15-30-23-10-5-20(25)13-18(23)12-19(14-27)24(29)28-22-8-6-21(26)7-9-22/h2-13H,15H2,1H3,(H,28,29)/b19-12+. The van der Waals surface area contributed by atoms with Crippen molar-refractivity contribution in [1.82, 2.24) is 0 Å². The topological polar surface area (TPSA) is 62.1 Å². The first-order chi connectivity index (χ1) is 14.4. The van der Waals surface area contributed by atoms with Crippen LogP contribution in [0.15, 0.2) is 76.8 Å². The first-order valence-electron chi connectivity index (χ1n) is 9.11. The summed E-state index contributed by atoms with van der Waals surface area (Å²) in [7, 11) is 0. The molecule has 0 aliphatic rings. The molecule has 1 N–H and O–H groups in total. The fourth-order valence-corrected chi connectivity index (χ4v) is 3.27. The van der Waals surface area contributed by atoms with Gasteiger partial charge in [-0.05, 0) is 61.0 Å². The maximum Gasteiger partial charge on any atom is 0.266 e. The van der Waals surface area contributed by atoms with Gasteiger partial charge in [-0.25, -0.2) is 0 Å². The van der Waals surface area contributed by atoms with E-state index in [2.05, 4.69) is 27.3 Å². The molecule has 30 heavy (non-hydrogen) atoms. The van der Waals surface area contributed by atoms with E-state index in [1.165, 1.54) is 6.08 Å². The Kier molecular flexibility index (Phi) is 7.29. The minimum absolute atomic E-state index is 0.0385. The van der Waals surface area contributed by atoms with Crippen molar-refractivity contribution in [3.63, 3.8) is 0 Å². The fourth-order valence-electron chi connectivity index (χ4n) is 2.76. The number of hydrogen-bond donors (Lipinski definition) is 1. The number of nitrogens with zero attached hydrogens (tertiary/aromatic N) is 1. The van der Waals surface area contributed by atoms with Crippen LogP contribution >= 0.6 is 27.5 Å². The summed E-state index contributed by atoms with van der Waals surface area (Å²) >= 11 is 9.30. The fraction of sp³-hybridized carbons (Fsp3) is 0.0833. The first kappa shape index (κ1) is 21.6. The molecule has 0 radical (unpaired) electrons. The molecule has 150 valence electrons. The van der Waals surface area contributed by atoms with E-state index in [9.17, 15) is 10.1 Å². The van der Waals surface area contributed by atoms with Crippen LogP contribution in [0.3, 0.4) is 0 Å². The predicted molar refractivity (Wildman–Crippen MR) is 123 cm³/mol. The first-order valence-corrected chi connectivity index (χ1v) is 10.3. The highest BCUT2D eigenvalue weighted by atomic mass is 79.9. The molecule has 1 amide bonds. The second-order valence-corrected chi connectivity index (χ2v) is 7.94. The largest absolute Gasteiger partial charge is 0.488 e. The average Bonchev–Trinajstić information content (AvgIpc) is 2.73. The van der Waals surface area contributed by atoms with Gasteiger partial charge in [0.2, 0.25) is 0 Å². The van der Waals surface area contributed by atoms with Crippen LogP contribution in [0.4, 0.5) is 5.69 Å². The number of benzene rings is 3.